The Morgan fingerprint density at radius 3 is 2.78 bits per heavy atom. The summed E-state index contributed by atoms with van der Waals surface area (Å²) >= 11 is 11.6. The van der Waals surface area contributed by atoms with Crippen LogP contribution in [-0.2, 0) is 9.63 Å². The van der Waals surface area contributed by atoms with Gasteiger partial charge >= 0.3 is 5.97 Å². The van der Waals surface area contributed by atoms with E-state index in [0.29, 0.717) is 0 Å². The molecule has 1 aromatic heterocycles. The van der Waals surface area contributed by atoms with Crippen LogP contribution in [0.3, 0.4) is 0 Å². The van der Waals surface area contributed by atoms with Crippen LogP contribution in [0.15, 0.2) is 6.20 Å². The SMILES string of the molecule is O=C(ONc1nc(Cl)ncc1Cl)C1CCC2(CCCCN2)CC1. The Balaban J connectivity index is 1.50. The Morgan fingerprint density at radius 1 is 1.30 bits per heavy atom. The minimum atomic E-state index is -0.276. The summed E-state index contributed by atoms with van der Waals surface area (Å²) in [6.07, 6.45) is 8.81. The smallest absolute Gasteiger partial charge is 0.335 e. The van der Waals surface area contributed by atoms with E-state index < -0.39 is 0 Å². The lowest BCUT2D eigenvalue weighted by Crippen LogP contribution is -2.51. The van der Waals surface area contributed by atoms with Crippen LogP contribution in [0.1, 0.15) is 44.9 Å². The molecule has 1 saturated heterocycles. The third-order valence-electron chi connectivity index (χ3n) is 4.82. The molecular weight excluding hydrogens is 339 g/mol. The molecule has 2 heterocycles. The number of aromatic nitrogens is 2. The molecule has 1 spiro atoms. The van der Waals surface area contributed by atoms with Gasteiger partial charge in [-0.3, -0.25) is 0 Å². The second kappa shape index (κ2) is 7.20. The molecule has 3 rings (SSSR count). The average molecular weight is 359 g/mol. The van der Waals surface area contributed by atoms with Crippen molar-refractivity contribution in [3.05, 3.63) is 16.5 Å². The summed E-state index contributed by atoms with van der Waals surface area (Å²) in [4.78, 5) is 25.0. The van der Waals surface area contributed by atoms with Crippen LogP contribution in [0, 0.1) is 5.92 Å². The normalized spacial score (nSPS) is 27.7. The molecule has 0 unspecified atom stereocenters. The van der Waals surface area contributed by atoms with Crippen LogP contribution in [0.2, 0.25) is 10.3 Å². The number of nitrogens with one attached hydrogen (secondary N) is 2. The number of anilines is 1. The lowest BCUT2D eigenvalue weighted by atomic mass is 9.72. The summed E-state index contributed by atoms with van der Waals surface area (Å²) < 4.78 is 0. The summed E-state index contributed by atoms with van der Waals surface area (Å²) in [5, 5.41) is 3.93. The quantitative estimate of drug-likeness (QED) is 0.637. The molecule has 0 radical (unpaired) electrons. The number of carbonyl (C=O) groups is 1. The van der Waals surface area contributed by atoms with Crippen molar-refractivity contribution in [2.45, 2.75) is 50.5 Å². The molecule has 0 bridgehead atoms. The average Bonchev–Trinajstić information content (AvgIpc) is 2.57. The van der Waals surface area contributed by atoms with E-state index in [2.05, 4.69) is 20.8 Å². The molecule has 2 aliphatic rings. The highest BCUT2D eigenvalue weighted by Gasteiger charge is 2.38. The second-order valence-electron chi connectivity index (χ2n) is 6.30. The number of halogens is 2. The summed E-state index contributed by atoms with van der Waals surface area (Å²) in [5.41, 5.74) is 2.73. The van der Waals surface area contributed by atoms with Crippen LogP contribution in [0.25, 0.3) is 0 Å². The molecule has 126 valence electrons. The van der Waals surface area contributed by atoms with Gasteiger partial charge in [0.1, 0.15) is 5.02 Å². The van der Waals surface area contributed by atoms with E-state index >= 15 is 0 Å². The van der Waals surface area contributed by atoms with Crippen molar-refractivity contribution in [1.29, 1.82) is 0 Å². The van der Waals surface area contributed by atoms with E-state index in [0.717, 1.165) is 32.2 Å². The molecule has 1 saturated carbocycles. The van der Waals surface area contributed by atoms with Crippen LogP contribution < -0.4 is 10.8 Å². The first kappa shape index (κ1) is 16.7. The molecule has 0 amide bonds. The van der Waals surface area contributed by atoms with Gasteiger partial charge in [-0.05, 0) is 56.7 Å². The highest BCUT2D eigenvalue weighted by Crippen LogP contribution is 2.37. The first-order valence-corrected chi connectivity index (χ1v) is 8.73. The molecule has 2 N–H and O–H groups in total. The van der Waals surface area contributed by atoms with E-state index in [4.69, 9.17) is 28.0 Å². The fourth-order valence-corrected chi connectivity index (χ4v) is 3.73. The minimum Gasteiger partial charge on any atom is -0.342 e. The third kappa shape index (κ3) is 4.05. The Labute approximate surface area is 145 Å². The summed E-state index contributed by atoms with van der Waals surface area (Å²) in [7, 11) is 0. The van der Waals surface area contributed by atoms with Crippen molar-refractivity contribution >= 4 is 35.0 Å². The third-order valence-corrected chi connectivity index (χ3v) is 5.28. The number of piperidine rings is 1. The molecule has 0 atom stereocenters. The fraction of sp³-hybridized carbons (Fsp3) is 0.667. The molecule has 1 aliphatic carbocycles. The molecule has 2 fully saturated rings. The van der Waals surface area contributed by atoms with Gasteiger partial charge in [0.05, 0.1) is 12.1 Å². The zero-order valence-electron chi connectivity index (χ0n) is 12.8. The topological polar surface area (TPSA) is 76.1 Å². The minimum absolute atomic E-state index is 0.0379. The van der Waals surface area contributed by atoms with Crippen molar-refractivity contribution in [2.75, 3.05) is 12.0 Å². The Bertz CT molecular complexity index is 569. The van der Waals surface area contributed by atoms with E-state index in [1.165, 1.54) is 25.5 Å². The molecular formula is C15H20Cl2N4O2. The fourth-order valence-electron chi connectivity index (χ4n) is 3.46. The van der Waals surface area contributed by atoms with E-state index in [-0.39, 0.29) is 33.6 Å². The van der Waals surface area contributed by atoms with E-state index in [1.807, 2.05) is 0 Å². The van der Waals surface area contributed by atoms with Crippen molar-refractivity contribution in [1.82, 2.24) is 15.3 Å². The zero-order chi connectivity index (χ0) is 16.3. The van der Waals surface area contributed by atoms with Crippen molar-refractivity contribution < 1.29 is 9.63 Å². The predicted molar refractivity (Wildman–Crippen MR) is 88.3 cm³/mol. The van der Waals surface area contributed by atoms with Crippen LogP contribution in [-0.4, -0.2) is 28.0 Å². The van der Waals surface area contributed by atoms with Crippen molar-refractivity contribution in [3.63, 3.8) is 0 Å². The highest BCUT2D eigenvalue weighted by atomic mass is 35.5. The monoisotopic (exact) mass is 358 g/mol. The highest BCUT2D eigenvalue weighted by molar-refractivity contribution is 6.33. The van der Waals surface area contributed by atoms with Gasteiger partial charge in [-0.2, -0.15) is 10.5 Å². The van der Waals surface area contributed by atoms with Gasteiger partial charge in [-0.15, -0.1) is 0 Å². The molecule has 23 heavy (non-hydrogen) atoms. The molecule has 6 nitrogen and oxygen atoms in total. The van der Waals surface area contributed by atoms with Gasteiger partial charge in [0, 0.05) is 5.54 Å². The molecule has 1 aliphatic heterocycles. The van der Waals surface area contributed by atoms with Gasteiger partial charge in [0.15, 0.2) is 5.82 Å². The number of nitrogens with zero attached hydrogens (tertiary/aromatic N) is 2. The van der Waals surface area contributed by atoms with Crippen molar-refractivity contribution in [2.24, 2.45) is 5.92 Å². The first-order valence-electron chi connectivity index (χ1n) is 7.98. The van der Waals surface area contributed by atoms with Crippen LogP contribution in [0.5, 0.6) is 0 Å². The number of hydrogen-bond donors (Lipinski definition) is 2. The second-order valence-corrected chi connectivity index (χ2v) is 7.04. The standard InChI is InChI=1S/C15H20Cl2N4O2/c16-11-9-18-14(17)20-12(11)21-23-13(22)10-3-6-15(7-4-10)5-1-2-8-19-15/h9-10,19H,1-8H2,(H,18,20,21). The Morgan fingerprint density at radius 2 is 2.09 bits per heavy atom. The van der Waals surface area contributed by atoms with Crippen LogP contribution in [0.4, 0.5) is 5.82 Å². The maximum Gasteiger partial charge on any atom is 0.335 e. The van der Waals surface area contributed by atoms with Gasteiger partial charge in [-0.1, -0.05) is 18.0 Å². The van der Waals surface area contributed by atoms with E-state index in [9.17, 15) is 4.79 Å². The Kier molecular flexibility index (Phi) is 5.24. The summed E-state index contributed by atoms with van der Waals surface area (Å²) in [5.74, 6) is -0.171. The van der Waals surface area contributed by atoms with Gasteiger partial charge in [-0.25, -0.2) is 9.78 Å². The lowest BCUT2D eigenvalue weighted by Gasteiger charge is -2.43. The lowest BCUT2D eigenvalue weighted by molar-refractivity contribution is -0.147. The van der Waals surface area contributed by atoms with Gasteiger partial charge in [0.25, 0.3) is 0 Å². The molecule has 8 heteroatoms. The van der Waals surface area contributed by atoms with Crippen LogP contribution >= 0.6 is 23.2 Å². The summed E-state index contributed by atoms with van der Waals surface area (Å²) in [6, 6.07) is 0. The number of rotatable bonds is 3. The summed E-state index contributed by atoms with van der Waals surface area (Å²) in [6.45, 7) is 1.09. The Hall–Kier alpha value is -1.11. The zero-order valence-corrected chi connectivity index (χ0v) is 14.3. The maximum atomic E-state index is 12.2. The first-order chi connectivity index (χ1) is 11.1. The molecule has 0 aromatic carbocycles. The number of hydrogen-bond acceptors (Lipinski definition) is 6. The predicted octanol–water partition coefficient (Wildman–Crippen LogP) is 3.36. The largest absolute Gasteiger partial charge is 0.342 e. The van der Waals surface area contributed by atoms with Crippen molar-refractivity contribution in [3.8, 4) is 0 Å². The molecule has 1 aromatic rings. The van der Waals surface area contributed by atoms with E-state index in [1.54, 1.807) is 0 Å². The number of carbonyl (C=O) groups excluding carboxylic acids is 1. The van der Waals surface area contributed by atoms with Gasteiger partial charge < -0.3 is 10.2 Å². The van der Waals surface area contributed by atoms with Gasteiger partial charge in [0.2, 0.25) is 5.28 Å². The maximum absolute atomic E-state index is 12.2.